The molecular weight excluding hydrogens is 412 g/mol. The first-order valence-corrected chi connectivity index (χ1v) is 10.3. The average molecular weight is 438 g/mol. The Labute approximate surface area is 186 Å². The Morgan fingerprint density at radius 1 is 1.41 bits per heavy atom. The van der Waals surface area contributed by atoms with E-state index in [2.05, 4.69) is 26.7 Å². The number of amides is 1. The van der Waals surface area contributed by atoms with Gasteiger partial charge in [0.15, 0.2) is 5.75 Å². The predicted octanol–water partition coefficient (Wildman–Crippen LogP) is 0.674. The number of hydrogen-bond acceptors (Lipinski definition) is 9. The molecule has 1 aliphatic heterocycles. The monoisotopic (exact) mass is 438 g/mol. The van der Waals surface area contributed by atoms with Crippen LogP contribution in [0.2, 0.25) is 0 Å². The third-order valence-electron chi connectivity index (χ3n) is 4.95. The number of aromatic nitrogens is 2. The molecule has 2 N–H and O–H groups in total. The van der Waals surface area contributed by atoms with E-state index in [0.29, 0.717) is 31.2 Å². The number of nitrogens with zero attached hydrogens (tertiary/aromatic N) is 4. The number of nitrogens with one attached hydrogen (secondary N) is 2. The first-order chi connectivity index (χ1) is 15.5. The number of carbonyl (C=O) groups excluding carboxylic acids is 2. The van der Waals surface area contributed by atoms with E-state index < -0.39 is 12.1 Å². The molecule has 1 fully saturated rings. The summed E-state index contributed by atoms with van der Waals surface area (Å²) < 4.78 is 10.5. The Kier molecular flexibility index (Phi) is 8.08. The summed E-state index contributed by atoms with van der Waals surface area (Å²) in [7, 11) is 3.70. The zero-order chi connectivity index (χ0) is 22.9. The summed E-state index contributed by atoms with van der Waals surface area (Å²) in [6.45, 7) is 2.11. The molecule has 2 unspecified atom stereocenters. The lowest BCUT2D eigenvalue weighted by atomic mass is 10.1. The van der Waals surface area contributed by atoms with E-state index in [4.69, 9.17) is 9.47 Å². The van der Waals surface area contributed by atoms with E-state index >= 15 is 0 Å². The summed E-state index contributed by atoms with van der Waals surface area (Å²) in [5, 5.41) is 15.3. The van der Waals surface area contributed by atoms with Crippen LogP contribution in [0.25, 0.3) is 11.1 Å². The van der Waals surface area contributed by atoms with E-state index in [1.165, 1.54) is 0 Å². The van der Waals surface area contributed by atoms with Crippen LogP contribution < -0.4 is 20.3 Å². The predicted molar refractivity (Wildman–Crippen MR) is 117 cm³/mol. The maximum atomic E-state index is 12.4. The Hall–Kier alpha value is -3.55. The number of rotatable bonds is 8. The van der Waals surface area contributed by atoms with Gasteiger partial charge in [0.1, 0.15) is 18.0 Å². The molecule has 1 amide bonds. The molecule has 10 nitrogen and oxygen atoms in total. The SMILES string of the molecule is CN(C)c1cc(-c2cnc(CC(C#N)NC(=O)C3CNCCCO3)nc2)ccc1OC=O. The maximum absolute atomic E-state index is 12.4. The number of hydrogen-bond donors (Lipinski definition) is 2. The van der Waals surface area contributed by atoms with E-state index in [9.17, 15) is 14.9 Å². The van der Waals surface area contributed by atoms with E-state index in [1.807, 2.05) is 31.1 Å². The molecule has 0 saturated carbocycles. The molecule has 0 radical (unpaired) electrons. The first-order valence-electron chi connectivity index (χ1n) is 10.3. The van der Waals surface area contributed by atoms with Gasteiger partial charge < -0.3 is 25.0 Å². The summed E-state index contributed by atoms with van der Waals surface area (Å²) in [5.74, 6) is 0.567. The van der Waals surface area contributed by atoms with Crippen molar-refractivity contribution in [3.63, 3.8) is 0 Å². The highest BCUT2D eigenvalue weighted by Gasteiger charge is 2.24. The molecule has 1 saturated heterocycles. The second-order valence-electron chi connectivity index (χ2n) is 7.49. The van der Waals surface area contributed by atoms with Gasteiger partial charge in [-0.15, -0.1) is 0 Å². The van der Waals surface area contributed by atoms with Crippen molar-refractivity contribution in [2.45, 2.75) is 25.0 Å². The van der Waals surface area contributed by atoms with Crippen molar-refractivity contribution in [1.82, 2.24) is 20.6 Å². The molecule has 1 aliphatic rings. The fourth-order valence-electron chi connectivity index (χ4n) is 3.27. The minimum absolute atomic E-state index is 0.178. The van der Waals surface area contributed by atoms with Crippen LogP contribution in [0, 0.1) is 11.3 Å². The van der Waals surface area contributed by atoms with Gasteiger partial charge in [-0.05, 0) is 30.7 Å². The number of ether oxygens (including phenoxy) is 2. The van der Waals surface area contributed by atoms with Gasteiger partial charge in [-0.1, -0.05) is 6.07 Å². The van der Waals surface area contributed by atoms with Gasteiger partial charge >= 0.3 is 0 Å². The summed E-state index contributed by atoms with van der Waals surface area (Å²) in [5.41, 5.74) is 2.35. The number of anilines is 1. The van der Waals surface area contributed by atoms with Crippen LogP contribution in [0.15, 0.2) is 30.6 Å². The highest BCUT2D eigenvalue weighted by atomic mass is 16.5. The van der Waals surface area contributed by atoms with Crippen LogP contribution in [-0.2, 0) is 20.7 Å². The number of nitriles is 1. The summed E-state index contributed by atoms with van der Waals surface area (Å²) in [6, 6.07) is 6.71. The van der Waals surface area contributed by atoms with Crippen LogP contribution in [0.1, 0.15) is 12.2 Å². The third kappa shape index (κ3) is 6.00. The molecular formula is C22H26N6O4. The molecule has 10 heteroatoms. The molecule has 0 spiro atoms. The Morgan fingerprint density at radius 3 is 2.88 bits per heavy atom. The summed E-state index contributed by atoms with van der Waals surface area (Å²) >= 11 is 0. The molecule has 2 heterocycles. The maximum Gasteiger partial charge on any atom is 0.298 e. The molecule has 0 aliphatic carbocycles. The zero-order valence-corrected chi connectivity index (χ0v) is 18.1. The van der Waals surface area contributed by atoms with Crippen molar-refractivity contribution < 1.29 is 19.1 Å². The van der Waals surface area contributed by atoms with Crippen molar-refractivity contribution in [2.75, 3.05) is 38.7 Å². The first kappa shape index (κ1) is 23.1. The Balaban J connectivity index is 1.67. The van der Waals surface area contributed by atoms with Crippen LogP contribution in [0.5, 0.6) is 5.75 Å². The summed E-state index contributed by atoms with van der Waals surface area (Å²) in [6.07, 6.45) is 3.72. The van der Waals surface area contributed by atoms with Crippen LogP contribution >= 0.6 is 0 Å². The third-order valence-corrected chi connectivity index (χ3v) is 4.95. The van der Waals surface area contributed by atoms with Crippen LogP contribution in [0.3, 0.4) is 0 Å². The molecule has 0 bridgehead atoms. The van der Waals surface area contributed by atoms with Crippen molar-refractivity contribution >= 4 is 18.1 Å². The van der Waals surface area contributed by atoms with Gasteiger partial charge in [-0.3, -0.25) is 9.59 Å². The largest absolute Gasteiger partial charge is 0.427 e. The second-order valence-corrected chi connectivity index (χ2v) is 7.49. The highest BCUT2D eigenvalue weighted by molar-refractivity contribution is 5.81. The van der Waals surface area contributed by atoms with Gasteiger partial charge in [0, 0.05) is 51.6 Å². The number of benzene rings is 1. The lowest BCUT2D eigenvalue weighted by molar-refractivity contribution is -0.132. The molecule has 2 atom stereocenters. The van der Waals surface area contributed by atoms with Crippen molar-refractivity contribution in [3.05, 3.63) is 36.4 Å². The topological polar surface area (TPSA) is 129 Å². The van der Waals surface area contributed by atoms with Crippen molar-refractivity contribution in [3.8, 4) is 22.9 Å². The second kappa shape index (κ2) is 11.2. The summed E-state index contributed by atoms with van der Waals surface area (Å²) in [4.78, 5) is 33.7. The van der Waals surface area contributed by atoms with Gasteiger partial charge in [0.2, 0.25) is 0 Å². The minimum atomic E-state index is -0.764. The normalized spacial score (nSPS) is 16.8. The standard InChI is InChI=1S/C22H26N6O4/c1-28(2)18-8-15(4-5-19(18)32-14-29)16-11-25-21(26-12-16)9-17(10-23)27-22(30)20-13-24-6-3-7-31-20/h4-5,8,11-12,14,17,20,24H,3,6-7,9,13H2,1-2H3,(H,27,30). The highest BCUT2D eigenvalue weighted by Crippen LogP contribution is 2.31. The van der Waals surface area contributed by atoms with Crippen LogP contribution in [-0.4, -0.2) is 68.3 Å². The average Bonchev–Trinajstić information content (AvgIpc) is 3.09. The Bertz CT molecular complexity index is 965. The van der Waals surface area contributed by atoms with E-state index in [0.717, 1.165) is 29.8 Å². The fraction of sp³-hybridized carbons (Fsp3) is 0.409. The van der Waals surface area contributed by atoms with E-state index in [-0.39, 0.29) is 12.3 Å². The molecule has 32 heavy (non-hydrogen) atoms. The number of carbonyl (C=O) groups is 2. The zero-order valence-electron chi connectivity index (χ0n) is 18.1. The van der Waals surface area contributed by atoms with Crippen molar-refractivity contribution in [1.29, 1.82) is 5.26 Å². The molecule has 2 aromatic rings. The lowest BCUT2D eigenvalue weighted by Crippen LogP contribution is -2.46. The lowest BCUT2D eigenvalue weighted by Gasteiger charge is -2.18. The quantitative estimate of drug-likeness (QED) is 0.571. The fourth-order valence-corrected chi connectivity index (χ4v) is 3.27. The van der Waals surface area contributed by atoms with E-state index in [1.54, 1.807) is 18.5 Å². The van der Waals surface area contributed by atoms with Gasteiger partial charge in [-0.25, -0.2) is 9.97 Å². The molecule has 3 rings (SSSR count). The van der Waals surface area contributed by atoms with Gasteiger partial charge in [0.25, 0.3) is 12.4 Å². The minimum Gasteiger partial charge on any atom is -0.427 e. The molecule has 1 aromatic heterocycles. The Morgan fingerprint density at radius 2 is 2.19 bits per heavy atom. The molecule has 168 valence electrons. The smallest absolute Gasteiger partial charge is 0.298 e. The van der Waals surface area contributed by atoms with Gasteiger partial charge in [0.05, 0.1) is 11.8 Å². The van der Waals surface area contributed by atoms with Crippen LogP contribution in [0.4, 0.5) is 5.69 Å². The van der Waals surface area contributed by atoms with Crippen molar-refractivity contribution in [2.24, 2.45) is 0 Å². The van der Waals surface area contributed by atoms with Gasteiger partial charge in [-0.2, -0.15) is 5.26 Å². The molecule has 1 aromatic carbocycles.